The molecule has 0 atom stereocenters. The summed E-state index contributed by atoms with van der Waals surface area (Å²) in [6, 6.07) is 45.4. The second-order valence-electron chi connectivity index (χ2n) is 9.09. The van der Waals surface area contributed by atoms with E-state index in [0.717, 1.165) is 22.0 Å². The molecule has 5 heteroatoms. The third kappa shape index (κ3) is 4.09. The fraction of sp³-hybridized carbons (Fsp3) is 0.0312. The van der Waals surface area contributed by atoms with Gasteiger partial charge in [0, 0.05) is 23.4 Å². The van der Waals surface area contributed by atoms with E-state index in [9.17, 15) is 5.11 Å². The van der Waals surface area contributed by atoms with E-state index in [1.807, 2.05) is 30.3 Å². The number of nitrogens with zero attached hydrogens (tertiary/aromatic N) is 3. The van der Waals surface area contributed by atoms with Gasteiger partial charge in [-0.3, -0.25) is 0 Å². The molecule has 1 N–H and O–H groups in total. The summed E-state index contributed by atoms with van der Waals surface area (Å²) >= 11 is 0. The van der Waals surface area contributed by atoms with Crippen molar-refractivity contribution in [1.82, 2.24) is 4.98 Å². The maximum atomic E-state index is 11.3. The van der Waals surface area contributed by atoms with Gasteiger partial charge in [0.05, 0.1) is 0 Å². The molecule has 4 aromatic carbocycles. The summed E-state index contributed by atoms with van der Waals surface area (Å²) in [6.07, 6.45) is 4.17. The van der Waals surface area contributed by atoms with Crippen LogP contribution in [0.3, 0.4) is 0 Å². The smallest absolute Gasteiger partial charge is 0.205 e. The lowest BCUT2D eigenvalue weighted by atomic mass is 10.3. The first-order valence-corrected chi connectivity index (χ1v) is 14.4. The Hall–Kier alpha value is -4.61. The lowest BCUT2D eigenvalue weighted by Gasteiger charge is -2.34. The van der Waals surface area contributed by atoms with Crippen LogP contribution in [0.1, 0.15) is 0 Å². The van der Waals surface area contributed by atoms with Gasteiger partial charge in [-0.2, -0.15) is 0 Å². The van der Waals surface area contributed by atoms with Crippen LogP contribution in [0.2, 0.25) is 0 Å². The molecule has 0 amide bonds. The Morgan fingerprint density at radius 3 is 1.78 bits per heavy atom. The number of anilines is 2. The molecule has 0 saturated carbocycles. The number of rotatable bonds is 6. The fourth-order valence-corrected chi connectivity index (χ4v) is 9.88. The SMILES string of the molecule is Oc1ccccc1[Si](c1ccccc1)(c1ccccc1)c1cccc(N2C=CN(c3ccccc3)C2)n1. The third-order valence-corrected chi connectivity index (χ3v) is 11.6. The molecule has 1 aromatic heterocycles. The molecule has 1 aliphatic rings. The normalized spacial score (nSPS) is 13.2. The van der Waals surface area contributed by atoms with Crippen molar-refractivity contribution in [3.63, 3.8) is 0 Å². The Morgan fingerprint density at radius 1 is 0.568 bits per heavy atom. The molecule has 6 rings (SSSR count). The van der Waals surface area contributed by atoms with Crippen LogP contribution in [0.15, 0.2) is 146 Å². The van der Waals surface area contributed by atoms with Gasteiger partial charge in [0.2, 0.25) is 8.07 Å². The number of phenolic OH excluding ortho intramolecular Hbond substituents is 1. The van der Waals surface area contributed by atoms with Crippen molar-refractivity contribution in [1.29, 1.82) is 0 Å². The number of para-hydroxylation sites is 2. The number of aromatic hydroxyl groups is 1. The molecule has 0 spiro atoms. The minimum absolute atomic E-state index is 0.297. The van der Waals surface area contributed by atoms with Crippen LogP contribution in [-0.2, 0) is 0 Å². The number of hydrogen-bond donors (Lipinski definition) is 1. The summed E-state index contributed by atoms with van der Waals surface area (Å²) in [5.41, 5.74) is 1.14. The Balaban J connectivity index is 1.53. The highest BCUT2D eigenvalue weighted by molar-refractivity contribution is 7.19. The van der Waals surface area contributed by atoms with E-state index < -0.39 is 8.07 Å². The van der Waals surface area contributed by atoms with Crippen molar-refractivity contribution in [2.24, 2.45) is 0 Å². The zero-order valence-corrected chi connectivity index (χ0v) is 21.4. The van der Waals surface area contributed by atoms with Crippen LogP contribution in [0.4, 0.5) is 11.5 Å². The van der Waals surface area contributed by atoms with Gasteiger partial charge >= 0.3 is 0 Å². The first kappa shape index (κ1) is 22.8. The third-order valence-electron chi connectivity index (χ3n) is 6.95. The molecule has 37 heavy (non-hydrogen) atoms. The van der Waals surface area contributed by atoms with Crippen molar-refractivity contribution in [2.45, 2.75) is 0 Å². The van der Waals surface area contributed by atoms with E-state index in [-0.39, 0.29) is 0 Å². The molecule has 180 valence electrons. The van der Waals surface area contributed by atoms with E-state index in [1.165, 1.54) is 10.4 Å². The van der Waals surface area contributed by atoms with Crippen molar-refractivity contribution < 1.29 is 5.11 Å². The number of hydrogen-bond acceptors (Lipinski definition) is 4. The van der Waals surface area contributed by atoms with Gasteiger partial charge < -0.3 is 14.9 Å². The molecule has 0 fully saturated rings. The minimum atomic E-state index is -2.93. The van der Waals surface area contributed by atoms with Crippen LogP contribution in [0, 0.1) is 0 Å². The molecular formula is C32H27N3OSi. The van der Waals surface area contributed by atoms with Crippen LogP contribution in [0.5, 0.6) is 5.75 Å². The maximum absolute atomic E-state index is 11.3. The van der Waals surface area contributed by atoms with Crippen molar-refractivity contribution >= 4 is 40.5 Å². The first-order chi connectivity index (χ1) is 18.3. The zero-order valence-electron chi connectivity index (χ0n) is 20.4. The van der Waals surface area contributed by atoms with Gasteiger partial charge in [-0.25, -0.2) is 4.98 Å². The predicted molar refractivity (Wildman–Crippen MR) is 155 cm³/mol. The van der Waals surface area contributed by atoms with Crippen molar-refractivity contribution in [3.8, 4) is 5.75 Å². The average molecular weight is 498 g/mol. The molecule has 0 bridgehead atoms. The fourth-order valence-electron chi connectivity index (χ4n) is 5.23. The Labute approximate surface area is 218 Å². The lowest BCUT2D eigenvalue weighted by molar-refractivity contribution is 0.479. The van der Waals surface area contributed by atoms with Gasteiger partial charge in [-0.05, 0) is 45.9 Å². The highest BCUT2D eigenvalue weighted by Gasteiger charge is 2.44. The van der Waals surface area contributed by atoms with Gasteiger partial charge in [0.15, 0.2) is 0 Å². The van der Waals surface area contributed by atoms with Crippen molar-refractivity contribution in [3.05, 3.63) is 146 Å². The molecule has 0 radical (unpaired) electrons. The summed E-state index contributed by atoms with van der Waals surface area (Å²) in [5, 5.41) is 15.5. The summed E-state index contributed by atoms with van der Waals surface area (Å²) in [6.45, 7) is 0.683. The molecule has 1 aliphatic heterocycles. The zero-order chi connectivity index (χ0) is 25.1. The minimum Gasteiger partial charge on any atom is -0.508 e. The van der Waals surface area contributed by atoms with E-state index in [1.54, 1.807) is 6.07 Å². The second-order valence-corrected chi connectivity index (χ2v) is 12.8. The predicted octanol–water partition coefficient (Wildman–Crippen LogP) is 3.92. The first-order valence-electron chi connectivity index (χ1n) is 12.4. The summed E-state index contributed by atoms with van der Waals surface area (Å²) in [5.74, 6) is 1.18. The van der Waals surface area contributed by atoms with E-state index in [4.69, 9.17) is 4.98 Å². The summed E-state index contributed by atoms with van der Waals surface area (Å²) < 4.78 is 0. The van der Waals surface area contributed by atoms with Gasteiger partial charge in [0.1, 0.15) is 18.2 Å². The molecule has 4 nitrogen and oxygen atoms in total. The lowest BCUT2D eigenvalue weighted by Crippen LogP contribution is -2.75. The summed E-state index contributed by atoms with van der Waals surface area (Å²) in [4.78, 5) is 9.69. The second kappa shape index (κ2) is 9.80. The Kier molecular flexibility index (Phi) is 6.04. The standard InChI is InChI=1S/C32H27N3OSi/c36-29-19-10-11-20-30(29)37(27-15-6-2-7-16-27,28-17-8-3-9-18-28)32-22-12-21-31(33-32)35-24-23-34(25-35)26-13-4-1-5-14-26/h1-24,36H,25H2. The monoisotopic (exact) mass is 497 g/mol. The van der Waals surface area contributed by atoms with Gasteiger partial charge in [0.25, 0.3) is 0 Å². The van der Waals surface area contributed by atoms with Gasteiger partial charge in [-0.15, -0.1) is 0 Å². The van der Waals surface area contributed by atoms with E-state index in [2.05, 4.69) is 119 Å². The Morgan fingerprint density at radius 2 is 1.14 bits per heavy atom. The number of pyridine rings is 1. The number of benzene rings is 4. The van der Waals surface area contributed by atoms with Crippen molar-refractivity contribution in [2.75, 3.05) is 16.5 Å². The van der Waals surface area contributed by atoms with Crippen LogP contribution < -0.4 is 30.7 Å². The topological polar surface area (TPSA) is 39.6 Å². The van der Waals surface area contributed by atoms with Crippen LogP contribution >= 0.6 is 0 Å². The largest absolute Gasteiger partial charge is 0.508 e. The number of phenols is 1. The Bertz CT molecular complexity index is 1480. The maximum Gasteiger partial charge on any atom is 0.205 e. The van der Waals surface area contributed by atoms with E-state index in [0.29, 0.717) is 12.4 Å². The highest BCUT2D eigenvalue weighted by atomic mass is 28.3. The molecule has 0 unspecified atom stereocenters. The number of aromatic nitrogens is 1. The van der Waals surface area contributed by atoms with Crippen LogP contribution in [0.25, 0.3) is 0 Å². The summed E-state index contributed by atoms with van der Waals surface area (Å²) in [7, 11) is -2.93. The van der Waals surface area contributed by atoms with Crippen LogP contribution in [-0.4, -0.2) is 24.8 Å². The average Bonchev–Trinajstić information content (AvgIpc) is 3.47. The molecular weight excluding hydrogens is 470 g/mol. The molecule has 0 saturated heterocycles. The van der Waals surface area contributed by atoms with Gasteiger partial charge in [-0.1, -0.05) is 103 Å². The molecule has 0 aliphatic carbocycles. The highest BCUT2D eigenvalue weighted by Crippen LogP contribution is 2.23. The van der Waals surface area contributed by atoms with E-state index >= 15 is 0 Å². The quantitative estimate of drug-likeness (QED) is 0.285. The molecule has 5 aromatic rings. The molecule has 2 heterocycles.